The number of methoxy groups -OCH3 is 1. The summed E-state index contributed by atoms with van der Waals surface area (Å²) >= 11 is 0. The molecule has 0 amide bonds. The summed E-state index contributed by atoms with van der Waals surface area (Å²) in [5.41, 5.74) is 4.33. The van der Waals surface area contributed by atoms with Crippen LogP contribution in [0.5, 0.6) is 0 Å². The molecule has 0 bridgehead atoms. The van der Waals surface area contributed by atoms with Crippen LogP contribution in [0.25, 0.3) is 6.08 Å². The molecule has 1 aromatic carbocycles. The van der Waals surface area contributed by atoms with Gasteiger partial charge in [0.1, 0.15) is 6.10 Å². The maximum absolute atomic E-state index is 5.58. The predicted octanol–water partition coefficient (Wildman–Crippen LogP) is 4.45. The molecule has 0 aliphatic heterocycles. The predicted molar refractivity (Wildman–Crippen MR) is 71.1 cm³/mol. The zero-order valence-electron chi connectivity index (χ0n) is 10.5. The Bertz CT molecular complexity index is 427. The van der Waals surface area contributed by atoms with E-state index in [0.29, 0.717) is 0 Å². The van der Waals surface area contributed by atoms with Gasteiger partial charge in [0.2, 0.25) is 0 Å². The first kappa shape index (κ1) is 11.0. The van der Waals surface area contributed by atoms with E-state index in [1.54, 1.807) is 5.56 Å². The van der Waals surface area contributed by atoms with Crippen LogP contribution in [0.1, 0.15) is 60.8 Å². The van der Waals surface area contributed by atoms with Gasteiger partial charge in [-0.2, -0.15) is 0 Å². The molecule has 0 saturated heterocycles. The van der Waals surface area contributed by atoms with Crippen molar-refractivity contribution in [2.24, 2.45) is 0 Å². The summed E-state index contributed by atoms with van der Waals surface area (Å²) in [5.74, 6) is 0.760. The first-order chi connectivity index (χ1) is 8.40. The van der Waals surface area contributed by atoms with E-state index in [9.17, 15) is 0 Å². The lowest BCUT2D eigenvalue weighted by atomic mass is 9.81. The van der Waals surface area contributed by atoms with Crippen molar-refractivity contribution >= 4 is 6.08 Å². The molecule has 1 nitrogen and oxygen atoms in total. The number of hydrogen-bond donors (Lipinski definition) is 0. The lowest BCUT2D eigenvalue weighted by Gasteiger charge is -2.26. The summed E-state index contributed by atoms with van der Waals surface area (Å²) in [5, 5.41) is 0. The maximum atomic E-state index is 5.58. The van der Waals surface area contributed by atoms with Crippen LogP contribution in [-0.4, -0.2) is 7.11 Å². The second-order valence-electron chi connectivity index (χ2n) is 5.20. The van der Waals surface area contributed by atoms with E-state index >= 15 is 0 Å². The smallest absolute Gasteiger partial charge is 0.101 e. The first-order valence-electron chi connectivity index (χ1n) is 6.74. The highest BCUT2D eigenvalue weighted by molar-refractivity contribution is 5.64. The fourth-order valence-corrected chi connectivity index (χ4v) is 3.33. The third-order valence-corrected chi connectivity index (χ3v) is 4.21. The molecule has 0 heterocycles. The molecule has 1 unspecified atom stereocenters. The Morgan fingerprint density at radius 1 is 1.12 bits per heavy atom. The van der Waals surface area contributed by atoms with Gasteiger partial charge in [-0.25, -0.2) is 0 Å². The Kier molecular flexibility index (Phi) is 3.02. The van der Waals surface area contributed by atoms with Crippen molar-refractivity contribution in [2.75, 3.05) is 7.11 Å². The van der Waals surface area contributed by atoms with Crippen molar-refractivity contribution in [3.8, 4) is 0 Å². The van der Waals surface area contributed by atoms with Gasteiger partial charge in [0.15, 0.2) is 0 Å². The van der Waals surface area contributed by atoms with E-state index in [2.05, 4.69) is 30.4 Å². The number of rotatable bonds is 2. The van der Waals surface area contributed by atoms with Crippen molar-refractivity contribution in [3.05, 3.63) is 41.0 Å². The molecule has 17 heavy (non-hydrogen) atoms. The average molecular weight is 228 g/mol. The summed E-state index contributed by atoms with van der Waals surface area (Å²) in [4.78, 5) is 0. The minimum atomic E-state index is 0.183. The molecule has 1 saturated carbocycles. The summed E-state index contributed by atoms with van der Waals surface area (Å²) in [6, 6.07) is 6.72. The molecule has 1 atom stereocenters. The van der Waals surface area contributed by atoms with E-state index in [0.717, 1.165) is 5.92 Å². The van der Waals surface area contributed by atoms with E-state index in [-0.39, 0.29) is 6.10 Å². The van der Waals surface area contributed by atoms with Gasteiger partial charge in [-0.15, -0.1) is 0 Å². The molecule has 90 valence electrons. The molecule has 0 aromatic heterocycles. The van der Waals surface area contributed by atoms with Crippen molar-refractivity contribution in [1.29, 1.82) is 0 Å². The molecular formula is C16H20O. The average Bonchev–Trinajstić information content (AvgIpc) is 2.82. The van der Waals surface area contributed by atoms with Crippen LogP contribution in [0.4, 0.5) is 0 Å². The zero-order chi connectivity index (χ0) is 11.7. The van der Waals surface area contributed by atoms with Crippen molar-refractivity contribution in [1.82, 2.24) is 0 Å². The minimum Gasteiger partial charge on any atom is -0.373 e. The Morgan fingerprint density at radius 2 is 1.94 bits per heavy atom. The summed E-state index contributed by atoms with van der Waals surface area (Å²) in [6.07, 6.45) is 11.5. The molecule has 2 aliphatic rings. The largest absolute Gasteiger partial charge is 0.373 e. The van der Waals surface area contributed by atoms with Crippen molar-refractivity contribution in [2.45, 2.75) is 44.1 Å². The lowest BCUT2D eigenvalue weighted by Crippen LogP contribution is -2.09. The normalized spacial score (nSPS) is 23.9. The third-order valence-electron chi connectivity index (χ3n) is 4.21. The van der Waals surface area contributed by atoms with Crippen LogP contribution in [0.2, 0.25) is 0 Å². The number of fused-ring (bicyclic) bond motifs is 1. The quantitative estimate of drug-likeness (QED) is 0.726. The molecule has 0 N–H and O–H groups in total. The van der Waals surface area contributed by atoms with Gasteiger partial charge in [0.05, 0.1) is 0 Å². The highest BCUT2D eigenvalue weighted by Gasteiger charge is 2.25. The second kappa shape index (κ2) is 4.66. The van der Waals surface area contributed by atoms with Crippen LogP contribution in [0.15, 0.2) is 24.3 Å². The second-order valence-corrected chi connectivity index (χ2v) is 5.20. The SMILES string of the molecule is COC1C=Cc2cccc(C3CCCCC3)c21. The fourth-order valence-electron chi connectivity index (χ4n) is 3.33. The Balaban J connectivity index is 1.98. The van der Waals surface area contributed by atoms with E-state index in [4.69, 9.17) is 4.74 Å². The topological polar surface area (TPSA) is 9.23 Å². The first-order valence-corrected chi connectivity index (χ1v) is 6.74. The van der Waals surface area contributed by atoms with Crippen LogP contribution in [0.3, 0.4) is 0 Å². The molecule has 3 rings (SSSR count). The Hall–Kier alpha value is -1.08. The maximum Gasteiger partial charge on any atom is 0.101 e. The van der Waals surface area contributed by atoms with Gasteiger partial charge >= 0.3 is 0 Å². The molecule has 2 aliphatic carbocycles. The van der Waals surface area contributed by atoms with Gasteiger partial charge in [0, 0.05) is 7.11 Å². The molecule has 0 spiro atoms. The molecule has 1 fully saturated rings. The monoisotopic (exact) mass is 228 g/mol. The van der Waals surface area contributed by atoms with Gasteiger partial charge in [-0.3, -0.25) is 0 Å². The van der Waals surface area contributed by atoms with Gasteiger partial charge in [-0.05, 0) is 35.4 Å². The van der Waals surface area contributed by atoms with E-state index in [1.807, 2.05) is 7.11 Å². The van der Waals surface area contributed by atoms with Crippen LogP contribution in [-0.2, 0) is 4.74 Å². The standard InChI is InChI=1S/C16H20O/c1-17-15-11-10-13-8-5-9-14(16(13)15)12-6-3-2-4-7-12/h5,8-12,15H,2-4,6-7H2,1H3. The summed E-state index contributed by atoms with van der Waals surface area (Å²) in [7, 11) is 1.81. The van der Waals surface area contributed by atoms with Crippen LogP contribution >= 0.6 is 0 Å². The van der Waals surface area contributed by atoms with Crippen molar-refractivity contribution < 1.29 is 4.74 Å². The fraction of sp³-hybridized carbons (Fsp3) is 0.500. The molecular weight excluding hydrogens is 208 g/mol. The number of hydrogen-bond acceptors (Lipinski definition) is 1. The summed E-state index contributed by atoms with van der Waals surface area (Å²) < 4.78 is 5.58. The molecule has 1 aromatic rings. The minimum absolute atomic E-state index is 0.183. The van der Waals surface area contributed by atoms with Crippen LogP contribution < -0.4 is 0 Å². The zero-order valence-corrected chi connectivity index (χ0v) is 10.5. The summed E-state index contributed by atoms with van der Waals surface area (Å²) in [6.45, 7) is 0. The third kappa shape index (κ3) is 1.93. The Labute approximate surface area is 103 Å². The molecule has 1 heteroatoms. The number of benzene rings is 1. The van der Waals surface area contributed by atoms with Crippen LogP contribution in [0, 0.1) is 0 Å². The number of ether oxygens (including phenoxy) is 1. The van der Waals surface area contributed by atoms with Gasteiger partial charge in [0.25, 0.3) is 0 Å². The van der Waals surface area contributed by atoms with E-state index in [1.165, 1.54) is 43.2 Å². The molecule has 0 radical (unpaired) electrons. The lowest BCUT2D eigenvalue weighted by molar-refractivity contribution is 0.144. The highest BCUT2D eigenvalue weighted by atomic mass is 16.5. The van der Waals surface area contributed by atoms with Gasteiger partial charge < -0.3 is 4.74 Å². The van der Waals surface area contributed by atoms with Crippen molar-refractivity contribution in [3.63, 3.8) is 0 Å². The van der Waals surface area contributed by atoms with E-state index < -0.39 is 0 Å². The highest BCUT2D eigenvalue weighted by Crippen LogP contribution is 2.41. The van der Waals surface area contributed by atoms with Gasteiger partial charge in [-0.1, -0.05) is 49.6 Å². The Morgan fingerprint density at radius 3 is 2.71 bits per heavy atom.